The van der Waals surface area contributed by atoms with Crippen molar-refractivity contribution in [2.24, 2.45) is 0 Å². The van der Waals surface area contributed by atoms with Crippen LogP contribution in [-0.2, 0) is 6.42 Å². The molecule has 2 atom stereocenters. The highest BCUT2D eigenvalue weighted by atomic mass is 35.5. The fraction of sp³-hybridized carbons (Fsp3) is 0.571. The summed E-state index contributed by atoms with van der Waals surface area (Å²) in [6.07, 6.45) is 0.908. The third-order valence-electron chi connectivity index (χ3n) is 3.73. The predicted octanol–water partition coefficient (Wildman–Crippen LogP) is 3.17. The number of benzene rings is 1. The first-order chi connectivity index (χ1) is 9.11. The van der Waals surface area contributed by atoms with Crippen molar-refractivity contribution in [3.63, 3.8) is 0 Å². The molecule has 2 nitrogen and oxygen atoms in total. The van der Waals surface area contributed by atoms with E-state index in [1.807, 2.05) is 37.0 Å². The molecule has 1 aromatic carbocycles. The Hall–Kier alpha value is 0.0700. The quantitative estimate of drug-likeness (QED) is 0.918. The molecule has 106 valence electrons. The number of rotatable bonds is 4. The monoisotopic (exact) mass is 318 g/mol. The highest BCUT2D eigenvalue weighted by molar-refractivity contribution is 7.99. The fourth-order valence-corrected chi connectivity index (χ4v) is 4.20. The Morgan fingerprint density at radius 2 is 2.26 bits per heavy atom. The normalized spacial score (nSPS) is 22.4. The summed E-state index contributed by atoms with van der Waals surface area (Å²) in [5.74, 6) is 2.39. The molecular weight excluding hydrogens is 299 g/mol. The van der Waals surface area contributed by atoms with Crippen molar-refractivity contribution in [2.45, 2.75) is 18.5 Å². The smallest absolute Gasteiger partial charge is 0.0439 e. The summed E-state index contributed by atoms with van der Waals surface area (Å²) in [6.45, 7) is 1.15. The first-order valence-corrected chi connectivity index (χ1v) is 8.42. The number of hydrogen-bond donors (Lipinski definition) is 1. The highest BCUT2D eigenvalue weighted by Crippen LogP contribution is 2.25. The molecule has 1 heterocycles. The average molecular weight is 319 g/mol. The van der Waals surface area contributed by atoms with Gasteiger partial charge in [0.1, 0.15) is 0 Å². The number of likely N-dealkylation sites (N-methyl/N-ethyl adjacent to an activating group) is 2. The summed E-state index contributed by atoms with van der Waals surface area (Å²) in [5, 5.41) is 4.99. The number of halogens is 2. The Morgan fingerprint density at radius 3 is 2.95 bits per heavy atom. The second kappa shape index (κ2) is 7.19. The van der Waals surface area contributed by atoms with Crippen LogP contribution in [0.25, 0.3) is 0 Å². The van der Waals surface area contributed by atoms with Gasteiger partial charge in [-0.2, -0.15) is 11.8 Å². The van der Waals surface area contributed by atoms with Crippen molar-refractivity contribution in [3.8, 4) is 0 Å². The van der Waals surface area contributed by atoms with Crippen molar-refractivity contribution >= 4 is 35.0 Å². The van der Waals surface area contributed by atoms with Crippen LogP contribution in [0.1, 0.15) is 5.56 Å². The average Bonchev–Trinajstić information content (AvgIpc) is 2.41. The van der Waals surface area contributed by atoms with Gasteiger partial charge in [-0.1, -0.05) is 23.2 Å². The minimum absolute atomic E-state index is 0.397. The van der Waals surface area contributed by atoms with Crippen LogP contribution in [0.2, 0.25) is 10.0 Å². The van der Waals surface area contributed by atoms with E-state index in [1.165, 1.54) is 11.5 Å². The maximum absolute atomic E-state index is 6.27. The zero-order chi connectivity index (χ0) is 13.8. The van der Waals surface area contributed by atoms with E-state index in [1.54, 1.807) is 0 Å². The molecule has 1 fully saturated rings. The third-order valence-corrected chi connectivity index (χ3v) is 5.38. The van der Waals surface area contributed by atoms with Gasteiger partial charge in [-0.15, -0.1) is 0 Å². The zero-order valence-corrected chi connectivity index (χ0v) is 13.7. The molecule has 19 heavy (non-hydrogen) atoms. The molecule has 0 aromatic heterocycles. The van der Waals surface area contributed by atoms with E-state index < -0.39 is 0 Å². The van der Waals surface area contributed by atoms with E-state index >= 15 is 0 Å². The van der Waals surface area contributed by atoms with Crippen LogP contribution in [0.5, 0.6) is 0 Å². The Labute approximate surface area is 129 Å². The largest absolute Gasteiger partial charge is 0.315 e. The van der Waals surface area contributed by atoms with Crippen molar-refractivity contribution < 1.29 is 0 Å². The minimum atomic E-state index is 0.397. The topological polar surface area (TPSA) is 15.3 Å². The Balaban J connectivity index is 2.11. The molecule has 2 rings (SSSR count). The van der Waals surface area contributed by atoms with Crippen LogP contribution in [0.3, 0.4) is 0 Å². The number of thioether (sulfide) groups is 1. The van der Waals surface area contributed by atoms with E-state index in [0.29, 0.717) is 12.1 Å². The summed E-state index contributed by atoms with van der Waals surface area (Å²) in [4.78, 5) is 2.44. The second-order valence-corrected chi connectivity index (χ2v) is 6.95. The molecule has 1 aromatic rings. The van der Waals surface area contributed by atoms with E-state index in [9.17, 15) is 0 Å². The maximum Gasteiger partial charge on any atom is 0.0439 e. The first-order valence-electron chi connectivity index (χ1n) is 6.51. The van der Waals surface area contributed by atoms with Crippen LogP contribution in [0.4, 0.5) is 0 Å². The molecule has 1 aliphatic rings. The lowest BCUT2D eigenvalue weighted by atomic mass is 9.99. The summed E-state index contributed by atoms with van der Waals surface area (Å²) < 4.78 is 0. The van der Waals surface area contributed by atoms with Gasteiger partial charge in [0, 0.05) is 40.2 Å². The van der Waals surface area contributed by atoms with E-state index in [2.05, 4.69) is 17.3 Å². The lowest BCUT2D eigenvalue weighted by molar-refractivity contribution is 0.219. The van der Waals surface area contributed by atoms with Crippen LogP contribution >= 0.6 is 35.0 Å². The van der Waals surface area contributed by atoms with Crippen molar-refractivity contribution in [1.29, 1.82) is 0 Å². The highest BCUT2D eigenvalue weighted by Gasteiger charge is 2.27. The standard InChI is InChI=1S/C14H20Cl2N2S/c1-17-13(14-9-19-6-5-18(14)2)8-10-7-11(15)3-4-12(10)16/h3-4,7,13-14,17H,5-6,8-9H2,1-2H3. The SMILES string of the molecule is CNC(Cc1cc(Cl)ccc1Cl)C1CSCCN1C. The van der Waals surface area contributed by atoms with Crippen LogP contribution in [0, 0.1) is 0 Å². The van der Waals surface area contributed by atoms with Crippen molar-refractivity contribution in [1.82, 2.24) is 10.2 Å². The lowest BCUT2D eigenvalue weighted by Gasteiger charge is -2.37. The molecule has 0 aliphatic carbocycles. The Kier molecular flexibility index (Phi) is 5.85. The number of nitrogens with zero attached hydrogens (tertiary/aromatic N) is 1. The van der Waals surface area contributed by atoms with Gasteiger partial charge in [0.15, 0.2) is 0 Å². The van der Waals surface area contributed by atoms with Gasteiger partial charge in [-0.05, 0) is 44.3 Å². The van der Waals surface area contributed by atoms with Gasteiger partial charge >= 0.3 is 0 Å². The fourth-order valence-electron chi connectivity index (χ4n) is 2.50. The Bertz CT molecular complexity index is 428. The maximum atomic E-state index is 6.27. The summed E-state index contributed by atoms with van der Waals surface area (Å²) in [5.41, 5.74) is 1.12. The molecule has 0 radical (unpaired) electrons. The molecule has 1 N–H and O–H groups in total. The van der Waals surface area contributed by atoms with Crippen LogP contribution in [-0.4, -0.2) is 49.1 Å². The first kappa shape index (κ1) is 15.5. The van der Waals surface area contributed by atoms with Crippen LogP contribution in [0.15, 0.2) is 18.2 Å². The van der Waals surface area contributed by atoms with Gasteiger partial charge < -0.3 is 10.2 Å². The van der Waals surface area contributed by atoms with E-state index in [-0.39, 0.29) is 0 Å². The summed E-state index contributed by atoms with van der Waals surface area (Å²) >= 11 is 14.4. The molecule has 0 amide bonds. The number of nitrogens with one attached hydrogen (secondary N) is 1. The Morgan fingerprint density at radius 1 is 1.47 bits per heavy atom. The molecule has 0 spiro atoms. The van der Waals surface area contributed by atoms with Gasteiger partial charge in [-0.25, -0.2) is 0 Å². The molecule has 0 saturated carbocycles. The van der Waals surface area contributed by atoms with Gasteiger partial charge in [0.05, 0.1) is 0 Å². The molecule has 0 bridgehead atoms. The van der Waals surface area contributed by atoms with Crippen molar-refractivity contribution in [2.75, 3.05) is 32.1 Å². The molecule has 2 unspecified atom stereocenters. The number of hydrogen-bond acceptors (Lipinski definition) is 3. The molecule has 1 aliphatic heterocycles. The molecular formula is C14H20Cl2N2S. The van der Waals surface area contributed by atoms with E-state index in [0.717, 1.165) is 28.6 Å². The van der Waals surface area contributed by atoms with Gasteiger partial charge in [0.2, 0.25) is 0 Å². The molecule has 1 saturated heterocycles. The summed E-state index contributed by atoms with van der Waals surface area (Å²) in [6, 6.07) is 6.63. The van der Waals surface area contributed by atoms with Crippen LogP contribution < -0.4 is 5.32 Å². The molecule has 5 heteroatoms. The van der Waals surface area contributed by atoms with E-state index in [4.69, 9.17) is 23.2 Å². The third kappa shape index (κ3) is 4.02. The van der Waals surface area contributed by atoms with Crippen molar-refractivity contribution in [3.05, 3.63) is 33.8 Å². The zero-order valence-electron chi connectivity index (χ0n) is 11.3. The second-order valence-electron chi connectivity index (χ2n) is 4.96. The lowest BCUT2D eigenvalue weighted by Crippen LogP contribution is -2.52. The van der Waals surface area contributed by atoms with Gasteiger partial charge in [-0.3, -0.25) is 0 Å². The predicted molar refractivity (Wildman–Crippen MR) is 86.8 cm³/mol. The minimum Gasteiger partial charge on any atom is -0.315 e. The van der Waals surface area contributed by atoms with Gasteiger partial charge in [0.25, 0.3) is 0 Å². The summed E-state index contributed by atoms with van der Waals surface area (Å²) in [7, 11) is 4.23.